The van der Waals surface area contributed by atoms with Gasteiger partial charge in [-0.25, -0.2) is 4.79 Å². The number of aliphatic hydroxyl groups is 1. The third kappa shape index (κ3) is 2.58. The van der Waals surface area contributed by atoms with Crippen molar-refractivity contribution in [3.8, 4) is 0 Å². The van der Waals surface area contributed by atoms with E-state index in [1.54, 1.807) is 19.1 Å². The highest BCUT2D eigenvalue weighted by molar-refractivity contribution is 5.92. The second kappa shape index (κ2) is 5.56. The van der Waals surface area contributed by atoms with Gasteiger partial charge >= 0.3 is 5.97 Å². The van der Waals surface area contributed by atoms with Crippen LogP contribution in [0.1, 0.15) is 30.1 Å². The van der Waals surface area contributed by atoms with Gasteiger partial charge in [0.2, 0.25) is 0 Å². The molecule has 1 aromatic carbocycles. The fourth-order valence-corrected chi connectivity index (χ4v) is 3.62. The third-order valence-electron chi connectivity index (χ3n) is 4.70. The van der Waals surface area contributed by atoms with Gasteiger partial charge in [-0.3, -0.25) is 0 Å². The van der Waals surface area contributed by atoms with Crippen LogP contribution in [-0.4, -0.2) is 36.9 Å². The lowest BCUT2D eigenvalue weighted by Crippen LogP contribution is -2.25. The van der Waals surface area contributed by atoms with Crippen LogP contribution in [0, 0.1) is 11.8 Å². The summed E-state index contributed by atoms with van der Waals surface area (Å²) in [6, 6.07) is 5.32. The Labute approximate surface area is 124 Å². The summed E-state index contributed by atoms with van der Waals surface area (Å²) in [6.07, 6.45) is 1.82. The van der Waals surface area contributed by atoms with Gasteiger partial charge in [0, 0.05) is 19.0 Å². The van der Waals surface area contributed by atoms with Gasteiger partial charge in [0.1, 0.15) is 0 Å². The van der Waals surface area contributed by atoms with Crippen LogP contribution in [0.3, 0.4) is 0 Å². The zero-order valence-corrected chi connectivity index (χ0v) is 12.3. The third-order valence-corrected chi connectivity index (χ3v) is 4.70. The minimum atomic E-state index is -0.343. The van der Waals surface area contributed by atoms with E-state index in [-0.39, 0.29) is 12.1 Å². The number of nitrogens with two attached hydrogens (primary N) is 1. The van der Waals surface area contributed by atoms with Gasteiger partial charge in [0.05, 0.1) is 29.6 Å². The molecule has 3 unspecified atom stereocenters. The fourth-order valence-electron chi connectivity index (χ4n) is 3.62. The molecule has 0 bridgehead atoms. The van der Waals surface area contributed by atoms with Gasteiger partial charge in [0.15, 0.2) is 0 Å². The molecular formula is C16H22N2O3. The van der Waals surface area contributed by atoms with E-state index in [0.29, 0.717) is 29.7 Å². The average molecular weight is 290 g/mol. The molecule has 21 heavy (non-hydrogen) atoms. The Kier molecular flexibility index (Phi) is 3.76. The maximum Gasteiger partial charge on any atom is 0.338 e. The zero-order valence-electron chi connectivity index (χ0n) is 12.3. The number of nitrogen functional groups attached to an aromatic ring is 1. The molecule has 3 rings (SSSR count). The van der Waals surface area contributed by atoms with Gasteiger partial charge in [-0.15, -0.1) is 0 Å². The predicted octanol–water partition coefficient (Wildman–Crippen LogP) is 1.65. The van der Waals surface area contributed by atoms with E-state index >= 15 is 0 Å². The van der Waals surface area contributed by atoms with Crippen molar-refractivity contribution in [1.29, 1.82) is 0 Å². The lowest BCUT2D eigenvalue weighted by atomic mass is 10.00. The van der Waals surface area contributed by atoms with Crippen LogP contribution in [-0.2, 0) is 4.74 Å². The molecule has 0 spiro atoms. The molecule has 1 aliphatic carbocycles. The van der Waals surface area contributed by atoms with E-state index in [9.17, 15) is 9.90 Å². The second-order valence-electron chi connectivity index (χ2n) is 5.97. The van der Waals surface area contributed by atoms with Crippen LogP contribution in [0.25, 0.3) is 0 Å². The number of esters is 1. The number of carbonyl (C=O) groups is 1. The van der Waals surface area contributed by atoms with E-state index in [0.717, 1.165) is 31.6 Å². The topological polar surface area (TPSA) is 75.8 Å². The van der Waals surface area contributed by atoms with Crippen LogP contribution in [0.15, 0.2) is 18.2 Å². The van der Waals surface area contributed by atoms with Gasteiger partial charge < -0.3 is 20.5 Å². The first-order chi connectivity index (χ1) is 10.1. The summed E-state index contributed by atoms with van der Waals surface area (Å²) in [5.41, 5.74) is 8.13. The maximum absolute atomic E-state index is 11.7. The van der Waals surface area contributed by atoms with Crippen LogP contribution in [0.5, 0.6) is 0 Å². The maximum atomic E-state index is 11.7. The van der Waals surface area contributed by atoms with Crippen molar-refractivity contribution in [3.05, 3.63) is 23.8 Å². The van der Waals surface area contributed by atoms with Crippen LogP contribution >= 0.6 is 0 Å². The summed E-state index contributed by atoms with van der Waals surface area (Å²) in [5.74, 6) is 0.572. The molecule has 1 aromatic rings. The van der Waals surface area contributed by atoms with E-state index in [1.807, 2.05) is 6.07 Å². The van der Waals surface area contributed by atoms with Gasteiger partial charge in [-0.2, -0.15) is 0 Å². The minimum Gasteiger partial charge on any atom is -0.462 e. The number of fused-ring (bicyclic) bond motifs is 1. The number of carbonyl (C=O) groups excluding carboxylic acids is 1. The molecule has 2 aliphatic rings. The Morgan fingerprint density at radius 2 is 2.24 bits per heavy atom. The van der Waals surface area contributed by atoms with Crippen molar-refractivity contribution in [2.75, 3.05) is 30.3 Å². The van der Waals surface area contributed by atoms with Gasteiger partial charge in [-0.1, -0.05) is 0 Å². The average Bonchev–Trinajstić information content (AvgIpc) is 3.01. The highest BCUT2D eigenvalue weighted by Gasteiger charge is 2.42. The normalized spacial score (nSPS) is 27.7. The molecule has 0 aromatic heterocycles. The predicted molar refractivity (Wildman–Crippen MR) is 81.2 cm³/mol. The smallest absolute Gasteiger partial charge is 0.338 e. The lowest BCUT2D eigenvalue weighted by Gasteiger charge is -2.22. The Morgan fingerprint density at radius 3 is 2.90 bits per heavy atom. The zero-order chi connectivity index (χ0) is 15.0. The SMILES string of the molecule is CCOC(=O)c1ccc(N2CC3CCC(O)C3C2)c(N)c1. The van der Waals surface area contributed by atoms with E-state index in [1.165, 1.54) is 0 Å². The molecule has 2 fully saturated rings. The summed E-state index contributed by atoms with van der Waals surface area (Å²) in [4.78, 5) is 13.9. The Morgan fingerprint density at radius 1 is 1.43 bits per heavy atom. The van der Waals surface area contributed by atoms with Crippen molar-refractivity contribution in [2.45, 2.75) is 25.9 Å². The first kappa shape index (κ1) is 14.2. The first-order valence-corrected chi connectivity index (χ1v) is 7.59. The molecule has 5 heteroatoms. The van der Waals surface area contributed by atoms with Crippen molar-refractivity contribution in [3.63, 3.8) is 0 Å². The molecule has 0 radical (unpaired) electrons. The quantitative estimate of drug-likeness (QED) is 0.654. The Balaban J connectivity index is 1.76. The van der Waals surface area contributed by atoms with Crippen molar-refractivity contribution in [1.82, 2.24) is 0 Å². The minimum absolute atomic E-state index is 0.181. The van der Waals surface area contributed by atoms with Crippen LogP contribution in [0.2, 0.25) is 0 Å². The number of hydrogen-bond donors (Lipinski definition) is 2. The lowest BCUT2D eigenvalue weighted by molar-refractivity contribution is 0.0526. The standard InChI is InChI=1S/C16H22N2O3/c1-2-21-16(20)10-3-5-14(13(17)7-10)18-8-11-4-6-15(19)12(11)9-18/h3,5,7,11-12,15,19H,2,4,6,8-9,17H2,1H3. The summed E-state index contributed by atoms with van der Waals surface area (Å²) in [7, 11) is 0. The summed E-state index contributed by atoms with van der Waals surface area (Å²) in [6.45, 7) is 3.91. The molecule has 5 nitrogen and oxygen atoms in total. The largest absolute Gasteiger partial charge is 0.462 e. The molecule has 3 N–H and O–H groups in total. The van der Waals surface area contributed by atoms with Crippen molar-refractivity contribution in [2.24, 2.45) is 11.8 Å². The first-order valence-electron chi connectivity index (χ1n) is 7.59. The number of anilines is 2. The number of ether oxygens (including phenoxy) is 1. The van der Waals surface area contributed by atoms with Crippen LogP contribution in [0.4, 0.5) is 11.4 Å². The van der Waals surface area contributed by atoms with Gasteiger partial charge in [0.25, 0.3) is 0 Å². The monoisotopic (exact) mass is 290 g/mol. The number of nitrogens with zero attached hydrogens (tertiary/aromatic N) is 1. The van der Waals surface area contributed by atoms with Crippen molar-refractivity contribution < 1.29 is 14.6 Å². The molecule has 3 atom stereocenters. The highest BCUT2D eigenvalue weighted by atomic mass is 16.5. The fraction of sp³-hybridized carbons (Fsp3) is 0.562. The summed E-state index contributed by atoms with van der Waals surface area (Å²) < 4.78 is 4.98. The van der Waals surface area contributed by atoms with E-state index < -0.39 is 0 Å². The van der Waals surface area contributed by atoms with E-state index in [4.69, 9.17) is 10.5 Å². The molecule has 1 saturated carbocycles. The number of aliphatic hydroxyl groups excluding tert-OH is 1. The molecule has 0 amide bonds. The summed E-state index contributed by atoms with van der Waals surface area (Å²) in [5, 5.41) is 9.99. The molecular weight excluding hydrogens is 268 g/mol. The second-order valence-corrected chi connectivity index (χ2v) is 5.97. The Bertz CT molecular complexity index is 546. The van der Waals surface area contributed by atoms with Crippen LogP contribution < -0.4 is 10.6 Å². The van der Waals surface area contributed by atoms with E-state index in [2.05, 4.69) is 4.90 Å². The molecule has 1 aliphatic heterocycles. The Hall–Kier alpha value is -1.75. The summed E-state index contributed by atoms with van der Waals surface area (Å²) >= 11 is 0. The van der Waals surface area contributed by atoms with Gasteiger partial charge in [-0.05, 0) is 43.9 Å². The molecule has 1 saturated heterocycles. The number of benzene rings is 1. The number of hydrogen-bond acceptors (Lipinski definition) is 5. The highest BCUT2D eigenvalue weighted by Crippen LogP contribution is 2.41. The van der Waals surface area contributed by atoms with Crippen molar-refractivity contribution >= 4 is 17.3 Å². The molecule has 1 heterocycles. The number of rotatable bonds is 3. The molecule has 114 valence electrons.